The Bertz CT molecular complexity index is 1030. The average molecular weight is 388 g/mol. The first-order valence-electron chi connectivity index (χ1n) is 8.50. The zero-order valence-electron chi connectivity index (χ0n) is 14.5. The number of halogens is 3. The van der Waals surface area contributed by atoms with E-state index in [0.717, 1.165) is 5.56 Å². The number of fused-ring (bicyclic) bond motifs is 1. The summed E-state index contributed by atoms with van der Waals surface area (Å²) in [4.78, 5) is 16.5. The fourth-order valence-corrected chi connectivity index (χ4v) is 3.01. The van der Waals surface area contributed by atoms with E-state index in [1.165, 1.54) is 10.9 Å². The molecule has 144 valence electrons. The summed E-state index contributed by atoms with van der Waals surface area (Å²) in [5.41, 5.74) is 2.43. The van der Waals surface area contributed by atoms with Crippen molar-refractivity contribution >= 4 is 17.4 Å². The summed E-state index contributed by atoms with van der Waals surface area (Å²) in [5.74, 6) is 0.515. The van der Waals surface area contributed by atoms with E-state index in [1.54, 1.807) is 24.3 Å². The van der Waals surface area contributed by atoms with Crippen LogP contribution >= 0.6 is 0 Å². The van der Waals surface area contributed by atoms with Gasteiger partial charge in [0.2, 0.25) is 0 Å². The maximum absolute atomic E-state index is 12.5. The molecule has 28 heavy (non-hydrogen) atoms. The van der Waals surface area contributed by atoms with Gasteiger partial charge in [0.15, 0.2) is 5.82 Å². The van der Waals surface area contributed by atoms with E-state index >= 15 is 0 Å². The zero-order chi connectivity index (χ0) is 19.7. The third-order valence-corrected chi connectivity index (χ3v) is 4.31. The molecule has 0 radical (unpaired) electrons. The molecule has 3 heterocycles. The van der Waals surface area contributed by atoms with Crippen LogP contribution in [-0.4, -0.2) is 31.8 Å². The molecule has 7 nitrogen and oxygen atoms in total. The summed E-state index contributed by atoms with van der Waals surface area (Å²) in [6.45, 7) is 0.178. The predicted octanol–water partition coefficient (Wildman–Crippen LogP) is 3.28. The molecule has 1 aliphatic heterocycles. The van der Waals surface area contributed by atoms with Crippen LogP contribution in [0, 0.1) is 0 Å². The molecule has 10 heteroatoms. The topological polar surface area (TPSA) is 84.7 Å². The highest BCUT2D eigenvalue weighted by Gasteiger charge is 2.27. The quantitative estimate of drug-likeness (QED) is 0.701. The fraction of sp³-hybridized carbons (Fsp3) is 0.222. The van der Waals surface area contributed by atoms with Crippen molar-refractivity contribution < 1.29 is 18.0 Å². The molecule has 0 bridgehead atoms. The van der Waals surface area contributed by atoms with Crippen molar-refractivity contribution in [2.45, 2.75) is 25.7 Å². The molecule has 0 unspecified atom stereocenters. The minimum atomic E-state index is -4.27. The number of hydrogen-bond acceptors (Lipinski definition) is 5. The number of nitrogens with one attached hydrogen (secondary N) is 2. The first-order chi connectivity index (χ1) is 13.4. The number of hydrogen-bond donors (Lipinski definition) is 2. The van der Waals surface area contributed by atoms with Crippen LogP contribution in [-0.2, 0) is 13.1 Å². The van der Waals surface area contributed by atoms with E-state index in [-0.39, 0.29) is 18.3 Å². The van der Waals surface area contributed by atoms with Crippen molar-refractivity contribution in [2.75, 3.05) is 5.32 Å². The zero-order valence-corrected chi connectivity index (χ0v) is 14.5. The molecule has 2 aromatic heterocycles. The Balaban J connectivity index is 1.60. The first kappa shape index (κ1) is 18.0. The van der Waals surface area contributed by atoms with Crippen LogP contribution in [0.5, 0.6) is 0 Å². The number of pyridine rings is 1. The molecule has 0 fully saturated rings. The van der Waals surface area contributed by atoms with Gasteiger partial charge in [-0.05, 0) is 23.8 Å². The summed E-state index contributed by atoms with van der Waals surface area (Å²) < 4.78 is 38.9. The maximum atomic E-state index is 12.5. The molecule has 1 amide bonds. The highest BCUT2D eigenvalue weighted by atomic mass is 19.4. The minimum absolute atomic E-state index is 0.166. The monoisotopic (exact) mass is 388 g/mol. The Kier molecular flexibility index (Phi) is 4.46. The van der Waals surface area contributed by atoms with E-state index in [1.807, 2.05) is 12.1 Å². The molecule has 1 aromatic carbocycles. The van der Waals surface area contributed by atoms with Gasteiger partial charge in [-0.3, -0.25) is 4.79 Å². The Morgan fingerprint density at radius 1 is 1.18 bits per heavy atom. The maximum Gasteiger partial charge on any atom is 0.390 e. The summed E-state index contributed by atoms with van der Waals surface area (Å²) in [6, 6.07) is 10.5. The molecule has 0 aliphatic carbocycles. The van der Waals surface area contributed by atoms with Crippen molar-refractivity contribution in [1.29, 1.82) is 0 Å². The van der Waals surface area contributed by atoms with Crippen molar-refractivity contribution in [3.63, 3.8) is 0 Å². The van der Waals surface area contributed by atoms with Crippen LogP contribution in [0.3, 0.4) is 0 Å². The minimum Gasteiger partial charge on any atom is -0.348 e. The molecular formula is C18H15F3N6O. The smallest absolute Gasteiger partial charge is 0.348 e. The van der Waals surface area contributed by atoms with E-state index in [2.05, 4.69) is 25.8 Å². The molecule has 0 saturated heterocycles. The van der Waals surface area contributed by atoms with Crippen LogP contribution in [0.4, 0.5) is 24.7 Å². The molecule has 1 aliphatic rings. The number of anilines is 2. The second-order valence-electron chi connectivity index (χ2n) is 6.27. The van der Waals surface area contributed by atoms with Gasteiger partial charge in [0, 0.05) is 13.1 Å². The molecule has 0 spiro atoms. The highest BCUT2D eigenvalue weighted by molar-refractivity contribution is 6.04. The number of nitrogens with zero attached hydrogens (tertiary/aromatic N) is 4. The standard InChI is InChI=1S/C18H15F3N6O/c19-18(20,21)7-8-27-10-23-26-16(27)13-5-2-6-14(25-13)24-12-4-1-3-11-9-22-17(28)15(11)12/h1-6,10H,7-9H2,(H,22,28)(H,24,25). The molecule has 3 aromatic rings. The van der Waals surface area contributed by atoms with E-state index < -0.39 is 12.6 Å². The van der Waals surface area contributed by atoms with E-state index in [4.69, 9.17) is 0 Å². The summed E-state index contributed by atoms with van der Waals surface area (Å²) >= 11 is 0. The number of carbonyl (C=O) groups excluding carboxylic acids is 1. The van der Waals surface area contributed by atoms with Crippen molar-refractivity contribution in [1.82, 2.24) is 25.1 Å². The lowest BCUT2D eigenvalue weighted by molar-refractivity contribution is -0.136. The van der Waals surface area contributed by atoms with Crippen LogP contribution < -0.4 is 10.6 Å². The van der Waals surface area contributed by atoms with Crippen molar-refractivity contribution in [3.05, 3.63) is 53.9 Å². The molecule has 2 N–H and O–H groups in total. The van der Waals surface area contributed by atoms with Gasteiger partial charge in [0.05, 0.1) is 17.7 Å². The number of benzene rings is 1. The lowest BCUT2D eigenvalue weighted by Crippen LogP contribution is -2.13. The normalized spacial score (nSPS) is 13.3. The number of amides is 1. The van der Waals surface area contributed by atoms with Gasteiger partial charge in [-0.2, -0.15) is 13.2 Å². The van der Waals surface area contributed by atoms with Gasteiger partial charge in [-0.15, -0.1) is 10.2 Å². The number of aromatic nitrogens is 4. The van der Waals surface area contributed by atoms with E-state index in [0.29, 0.717) is 29.3 Å². The number of carbonyl (C=O) groups is 1. The SMILES string of the molecule is O=C1NCc2cccc(Nc3cccc(-c4nncn4CCC(F)(F)F)n3)c21. The second kappa shape index (κ2) is 6.95. The van der Waals surface area contributed by atoms with Gasteiger partial charge in [0.1, 0.15) is 17.8 Å². The number of rotatable bonds is 5. The third kappa shape index (κ3) is 3.66. The number of alkyl halides is 3. The van der Waals surface area contributed by atoms with Crippen LogP contribution in [0.25, 0.3) is 11.5 Å². The Hall–Kier alpha value is -3.43. The Labute approximate surface area is 157 Å². The van der Waals surface area contributed by atoms with Crippen LogP contribution in [0.15, 0.2) is 42.7 Å². The van der Waals surface area contributed by atoms with Gasteiger partial charge in [-0.25, -0.2) is 4.98 Å². The average Bonchev–Trinajstić information content (AvgIpc) is 3.27. The van der Waals surface area contributed by atoms with Gasteiger partial charge >= 0.3 is 6.18 Å². The second-order valence-corrected chi connectivity index (χ2v) is 6.27. The van der Waals surface area contributed by atoms with Gasteiger partial charge < -0.3 is 15.2 Å². The van der Waals surface area contributed by atoms with E-state index in [9.17, 15) is 18.0 Å². The van der Waals surface area contributed by atoms with Gasteiger partial charge in [-0.1, -0.05) is 18.2 Å². The van der Waals surface area contributed by atoms with Crippen LogP contribution in [0.1, 0.15) is 22.3 Å². The summed E-state index contributed by atoms with van der Waals surface area (Å²) in [7, 11) is 0. The molecule has 0 saturated carbocycles. The Morgan fingerprint density at radius 3 is 2.82 bits per heavy atom. The summed E-state index contributed by atoms with van der Waals surface area (Å²) in [6.07, 6.45) is -4.01. The third-order valence-electron chi connectivity index (χ3n) is 4.31. The molecular weight excluding hydrogens is 373 g/mol. The largest absolute Gasteiger partial charge is 0.390 e. The fourth-order valence-electron chi connectivity index (χ4n) is 3.01. The number of aryl methyl sites for hydroxylation is 1. The highest BCUT2D eigenvalue weighted by Crippen LogP contribution is 2.28. The first-order valence-corrected chi connectivity index (χ1v) is 8.50. The van der Waals surface area contributed by atoms with Crippen molar-refractivity contribution in [3.8, 4) is 11.5 Å². The lowest BCUT2D eigenvalue weighted by Gasteiger charge is -2.11. The molecule has 0 atom stereocenters. The summed E-state index contributed by atoms with van der Waals surface area (Å²) in [5, 5.41) is 13.5. The predicted molar refractivity (Wildman–Crippen MR) is 94.8 cm³/mol. The lowest BCUT2D eigenvalue weighted by atomic mass is 10.1. The Morgan fingerprint density at radius 2 is 2.00 bits per heavy atom. The van der Waals surface area contributed by atoms with Gasteiger partial charge in [0.25, 0.3) is 5.91 Å². The molecule has 4 rings (SSSR count). The van der Waals surface area contributed by atoms with Crippen molar-refractivity contribution in [2.24, 2.45) is 0 Å². The van der Waals surface area contributed by atoms with Crippen LogP contribution in [0.2, 0.25) is 0 Å².